The Bertz CT molecular complexity index is 1010. The van der Waals surface area contributed by atoms with E-state index in [0.29, 0.717) is 12.0 Å². The lowest BCUT2D eigenvalue weighted by Crippen LogP contribution is -2.61. The summed E-state index contributed by atoms with van der Waals surface area (Å²) in [6.45, 7) is 7.64. The van der Waals surface area contributed by atoms with E-state index in [-0.39, 0.29) is 5.91 Å². The van der Waals surface area contributed by atoms with Gasteiger partial charge in [0, 0.05) is 50.4 Å². The summed E-state index contributed by atoms with van der Waals surface area (Å²) in [4.78, 5) is 15.9. The van der Waals surface area contributed by atoms with E-state index < -0.39 is 0 Å². The summed E-state index contributed by atoms with van der Waals surface area (Å²) >= 11 is 0. The molecule has 0 unspecified atom stereocenters. The average Bonchev–Trinajstić information content (AvgIpc) is 3.37. The first-order chi connectivity index (χ1) is 14.6. The van der Waals surface area contributed by atoms with Gasteiger partial charge in [0.1, 0.15) is 0 Å². The van der Waals surface area contributed by atoms with Gasteiger partial charge in [0.05, 0.1) is 11.4 Å². The molecule has 2 aromatic heterocycles. The molecule has 0 bridgehead atoms. The zero-order valence-corrected chi connectivity index (χ0v) is 17.6. The molecule has 7 heteroatoms. The quantitative estimate of drug-likeness (QED) is 0.671. The Hall–Kier alpha value is -2.93. The Morgan fingerprint density at radius 1 is 1.10 bits per heavy atom. The van der Waals surface area contributed by atoms with E-state index in [4.69, 9.17) is 5.10 Å². The van der Waals surface area contributed by atoms with Crippen LogP contribution in [0.5, 0.6) is 0 Å². The van der Waals surface area contributed by atoms with Crippen molar-refractivity contribution < 1.29 is 4.79 Å². The fourth-order valence-electron chi connectivity index (χ4n) is 4.54. The summed E-state index contributed by atoms with van der Waals surface area (Å²) in [7, 11) is 0. The van der Waals surface area contributed by atoms with Crippen LogP contribution in [-0.2, 0) is 4.79 Å². The van der Waals surface area contributed by atoms with Crippen LogP contribution >= 0.6 is 0 Å². The van der Waals surface area contributed by atoms with E-state index in [1.165, 1.54) is 5.56 Å². The summed E-state index contributed by atoms with van der Waals surface area (Å²) < 4.78 is 3.89. The second-order valence-corrected chi connectivity index (χ2v) is 8.51. The Morgan fingerprint density at radius 3 is 2.47 bits per heavy atom. The highest BCUT2D eigenvalue weighted by Gasteiger charge is 2.35. The minimum Gasteiger partial charge on any atom is -0.340 e. The molecule has 0 N–H and O–H groups in total. The van der Waals surface area contributed by atoms with E-state index in [0.717, 1.165) is 56.2 Å². The minimum absolute atomic E-state index is 0.189. The van der Waals surface area contributed by atoms with E-state index in [1.54, 1.807) is 13.1 Å². The van der Waals surface area contributed by atoms with Crippen LogP contribution in [0.25, 0.3) is 11.5 Å². The van der Waals surface area contributed by atoms with Crippen LogP contribution in [0, 0.1) is 6.92 Å². The second-order valence-electron chi connectivity index (χ2n) is 8.51. The smallest absolute Gasteiger partial charge is 0.219 e. The fourth-order valence-corrected chi connectivity index (χ4v) is 4.54. The molecule has 156 valence electrons. The maximum absolute atomic E-state index is 11.4. The summed E-state index contributed by atoms with van der Waals surface area (Å²) in [5.74, 6) is 1.61. The molecule has 1 amide bonds. The molecule has 0 radical (unpaired) electrons. The molecule has 2 fully saturated rings. The summed E-state index contributed by atoms with van der Waals surface area (Å²) in [6.07, 6.45) is 5.96. The van der Waals surface area contributed by atoms with Crippen LogP contribution in [0.15, 0.2) is 48.8 Å². The predicted molar refractivity (Wildman–Crippen MR) is 115 cm³/mol. The Balaban J connectivity index is 1.34. The van der Waals surface area contributed by atoms with Gasteiger partial charge >= 0.3 is 0 Å². The molecule has 0 spiro atoms. The summed E-state index contributed by atoms with van der Waals surface area (Å²) in [5.41, 5.74) is 3.42. The summed E-state index contributed by atoms with van der Waals surface area (Å²) in [6, 6.07) is 13.1. The van der Waals surface area contributed by atoms with Gasteiger partial charge in [-0.15, -0.1) is 0 Å². The van der Waals surface area contributed by atoms with Crippen molar-refractivity contribution in [3.63, 3.8) is 0 Å². The van der Waals surface area contributed by atoms with Crippen LogP contribution in [0.3, 0.4) is 0 Å². The van der Waals surface area contributed by atoms with Gasteiger partial charge in [-0.2, -0.15) is 10.2 Å². The van der Waals surface area contributed by atoms with Crippen molar-refractivity contribution in [3.05, 3.63) is 60.0 Å². The molecule has 1 aromatic carbocycles. The van der Waals surface area contributed by atoms with Crippen molar-refractivity contribution in [2.75, 3.05) is 26.2 Å². The lowest BCUT2D eigenvalue weighted by molar-refractivity contribution is -0.136. The number of likely N-dealkylation sites (tertiary alicyclic amines) is 2. The largest absolute Gasteiger partial charge is 0.340 e. The highest BCUT2D eigenvalue weighted by molar-refractivity contribution is 5.74. The number of hydrogen-bond donors (Lipinski definition) is 0. The maximum Gasteiger partial charge on any atom is 0.219 e. The van der Waals surface area contributed by atoms with Gasteiger partial charge in [0.25, 0.3) is 0 Å². The number of piperidine rings is 1. The van der Waals surface area contributed by atoms with E-state index in [9.17, 15) is 4.79 Å². The normalized spacial score (nSPS) is 18.5. The molecule has 0 aliphatic carbocycles. The molecule has 2 aliphatic rings. The van der Waals surface area contributed by atoms with Crippen molar-refractivity contribution in [1.82, 2.24) is 29.4 Å². The number of nitrogens with zero attached hydrogens (tertiary/aromatic N) is 6. The van der Waals surface area contributed by atoms with Crippen LogP contribution in [-0.4, -0.2) is 67.5 Å². The zero-order valence-electron chi connectivity index (χ0n) is 17.6. The maximum atomic E-state index is 11.4. The van der Waals surface area contributed by atoms with Gasteiger partial charge in [0.2, 0.25) is 5.91 Å². The van der Waals surface area contributed by atoms with Gasteiger partial charge in [-0.05, 0) is 51.1 Å². The number of rotatable bonds is 4. The van der Waals surface area contributed by atoms with E-state index in [2.05, 4.69) is 47.3 Å². The number of hydrogen-bond acceptors (Lipinski definition) is 4. The lowest BCUT2D eigenvalue weighted by atomic mass is 9.91. The second kappa shape index (κ2) is 7.72. The Kier molecular flexibility index (Phi) is 4.90. The molecule has 0 saturated carbocycles. The molecular formula is C23H28N6O. The molecule has 30 heavy (non-hydrogen) atoms. The number of aromatic nitrogens is 4. The van der Waals surface area contributed by atoms with E-state index >= 15 is 0 Å². The van der Waals surface area contributed by atoms with Crippen LogP contribution in [0.1, 0.15) is 36.9 Å². The highest BCUT2D eigenvalue weighted by Crippen LogP contribution is 2.31. The fraction of sp³-hybridized carbons (Fsp3) is 0.435. The van der Waals surface area contributed by atoms with Crippen molar-refractivity contribution in [1.29, 1.82) is 0 Å². The molecule has 0 atom stereocenters. The van der Waals surface area contributed by atoms with Gasteiger partial charge in [-0.1, -0.05) is 17.7 Å². The molecule has 7 nitrogen and oxygen atoms in total. The van der Waals surface area contributed by atoms with Crippen LogP contribution in [0.2, 0.25) is 0 Å². The van der Waals surface area contributed by atoms with Crippen molar-refractivity contribution >= 4 is 5.91 Å². The first-order valence-corrected chi connectivity index (χ1v) is 10.7. The molecule has 2 saturated heterocycles. The minimum atomic E-state index is 0.189. The first kappa shape index (κ1) is 19.1. The first-order valence-electron chi connectivity index (χ1n) is 10.7. The Labute approximate surface area is 176 Å². The third kappa shape index (κ3) is 3.54. The van der Waals surface area contributed by atoms with Gasteiger partial charge < -0.3 is 4.90 Å². The van der Waals surface area contributed by atoms with Crippen LogP contribution in [0.4, 0.5) is 0 Å². The third-order valence-electron chi connectivity index (χ3n) is 6.50. The molecule has 4 heterocycles. The van der Waals surface area contributed by atoms with Gasteiger partial charge in [-0.3, -0.25) is 9.69 Å². The molecule has 2 aliphatic heterocycles. The SMILES string of the molecule is CC(=O)N1CC(N2CCC(c3cc(-n4cccn4)n(-c4ccc(C)cc4)n3)CC2)C1. The Morgan fingerprint density at radius 2 is 1.83 bits per heavy atom. The summed E-state index contributed by atoms with van der Waals surface area (Å²) in [5, 5.41) is 9.45. The van der Waals surface area contributed by atoms with E-state index in [1.807, 2.05) is 26.5 Å². The monoisotopic (exact) mass is 404 g/mol. The topological polar surface area (TPSA) is 59.2 Å². The van der Waals surface area contributed by atoms with Crippen molar-refractivity contribution in [2.24, 2.45) is 0 Å². The van der Waals surface area contributed by atoms with Crippen molar-refractivity contribution in [2.45, 2.75) is 38.6 Å². The van der Waals surface area contributed by atoms with Gasteiger partial charge in [-0.25, -0.2) is 9.36 Å². The molecular weight excluding hydrogens is 376 g/mol. The zero-order chi connectivity index (χ0) is 20.7. The highest BCUT2D eigenvalue weighted by atomic mass is 16.2. The van der Waals surface area contributed by atoms with Crippen molar-refractivity contribution in [3.8, 4) is 11.5 Å². The number of carbonyl (C=O) groups excluding carboxylic acids is 1. The number of carbonyl (C=O) groups is 1. The standard InChI is InChI=1S/C23H28N6O/c1-17-4-6-20(7-5-17)29-23(28-11-3-10-24-28)14-22(25-29)19-8-12-26(13-9-19)21-15-27(16-21)18(2)30/h3-7,10-11,14,19,21H,8-9,12-13,15-16H2,1-2H3. The lowest BCUT2D eigenvalue weighted by Gasteiger charge is -2.47. The number of benzene rings is 1. The number of amides is 1. The molecule has 5 rings (SSSR count). The predicted octanol–water partition coefficient (Wildman–Crippen LogP) is 2.78. The third-order valence-corrected chi connectivity index (χ3v) is 6.50. The average molecular weight is 405 g/mol. The molecule has 3 aromatic rings. The van der Waals surface area contributed by atoms with Gasteiger partial charge in [0.15, 0.2) is 5.82 Å². The van der Waals surface area contributed by atoms with Crippen LogP contribution < -0.4 is 0 Å². The number of aryl methyl sites for hydroxylation is 1.